The van der Waals surface area contributed by atoms with Crippen molar-refractivity contribution in [3.63, 3.8) is 0 Å². The number of halogens is 1. The maximum absolute atomic E-state index is 12.5. The van der Waals surface area contributed by atoms with Gasteiger partial charge in [-0.1, -0.05) is 29.8 Å². The van der Waals surface area contributed by atoms with Crippen molar-refractivity contribution in [3.05, 3.63) is 59.1 Å². The lowest BCUT2D eigenvalue weighted by molar-refractivity contribution is -0.120. The number of anilines is 2. The maximum Gasteiger partial charge on any atom is 0.241 e. The molecule has 0 aliphatic carbocycles. The summed E-state index contributed by atoms with van der Waals surface area (Å²) in [6.45, 7) is 5.14. The van der Waals surface area contributed by atoms with E-state index in [0.29, 0.717) is 11.3 Å². The van der Waals surface area contributed by atoms with Crippen molar-refractivity contribution in [1.82, 2.24) is 4.90 Å². The molecule has 6 heteroatoms. The minimum atomic E-state index is -0.242. The highest BCUT2D eigenvalue weighted by Crippen LogP contribution is 2.26. The smallest absolute Gasteiger partial charge is 0.241 e. The molecule has 2 aromatic carbocycles. The van der Waals surface area contributed by atoms with Crippen LogP contribution in [0.1, 0.15) is 12.5 Å². The third-order valence-electron chi connectivity index (χ3n) is 4.69. The zero-order valence-corrected chi connectivity index (χ0v) is 15.4. The molecule has 1 atom stereocenters. The van der Waals surface area contributed by atoms with Gasteiger partial charge in [0.05, 0.1) is 28.4 Å². The summed E-state index contributed by atoms with van der Waals surface area (Å²) < 4.78 is 0. The van der Waals surface area contributed by atoms with Gasteiger partial charge in [0.1, 0.15) is 0 Å². The van der Waals surface area contributed by atoms with Crippen LogP contribution in [0.3, 0.4) is 0 Å². The first kappa shape index (κ1) is 18.2. The second kappa shape index (κ2) is 8.22. The van der Waals surface area contributed by atoms with Crippen LogP contribution >= 0.6 is 11.6 Å². The number of piperazine rings is 1. The zero-order chi connectivity index (χ0) is 18.5. The molecule has 0 aromatic heterocycles. The van der Waals surface area contributed by atoms with Gasteiger partial charge in [0.15, 0.2) is 0 Å². The molecule has 1 N–H and O–H groups in total. The van der Waals surface area contributed by atoms with Crippen LogP contribution in [-0.4, -0.2) is 43.0 Å². The van der Waals surface area contributed by atoms with Gasteiger partial charge in [-0.3, -0.25) is 9.69 Å². The van der Waals surface area contributed by atoms with E-state index in [4.69, 9.17) is 16.9 Å². The van der Waals surface area contributed by atoms with E-state index in [1.54, 1.807) is 24.3 Å². The summed E-state index contributed by atoms with van der Waals surface area (Å²) in [5.41, 5.74) is 2.22. The average Bonchev–Trinajstić information content (AvgIpc) is 2.68. The highest BCUT2D eigenvalue weighted by atomic mass is 35.5. The number of nitrogens with one attached hydrogen (secondary N) is 1. The van der Waals surface area contributed by atoms with Gasteiger partial charge in [-0.2, -0.15) is 5.26 Å². The van der Waals surface area contributed by atoms with Crippen molar-refractivity contribution in [2.24, 2.45) is 0 Å². The molecular formula is C20H21ClN4O. The number of hydrogen-bond acceptors (Lipinski definition) is 4. The number of nitrogens with zero attached hydrogens (tertiary/aromatic N) is 3. The number of rotatable bonds is 4. The van der Waals surface area contributed by atoms with Gasteiger partial charge in [0, 0.05) is 31.9 Å². The van der Waals surface area contributed by atoms with E-state index in [2.05, 4.69) is 21.2 Å². The molecule has 1 saturated heterocycles. The van der Waals surface area contributed by atoms with E-state index in [0.717, 1.165) is 36.9 Å². The fourth-order valence-electron chi connectivity index (χ4n) is 3.14. The monoisotopic (exact) mass is 368 g/mol. The number of amides is 1. The third-order valence-corrected chi connectivity index (χ3v) is 5.01. The van der Waals surface area contributed by atoms with E-state index in [9.17, 15) is 4.79 Å². The fourth-order valence-corrected chi connectivity index (χ4v) is 3.39. The summed E-state index contributed by atoms with van der Waals surface area (Å²) in [5, 5.41) is 12.6. The Labute approximate surface area is 158 Å². The van der Waals surface area contributed by atoms with Crippen LogP contribution in [0.15, 0.2) is 48.5 Å². The van der Waals surface area contributed by atoms with Gasteiger partial charge in [0.25, 0.3) is 0 Å². The second-order valence-corrected chi connectivity index (χ2v) is 6.74. The molecule has 1 heterocycles. The van der Waals surface area contributed by atoms with Crippen LogP contribution in [0.4, 0.5) is 11.4 Å². The van der Waals surface area contributed by atoms with Crippen LogP contribution in [0.5, 0.6) is 0 Å². The number of nitriles is 1. The van der Waals surface area contributed by atoms with Crippen molar-refractivity contribution < 1.29 is 4.79 Å². The first-order valence-electron chi connectivity index (χ1n) is 8.63. The Morgan fingerprint density at radius 1 is 1.15 bits per heavy atom. The lowest BCUT2D eigenvalue weighted by atomic mass is 10.1. The summed E-state index contributed by atoms with van der Waals surface area (Å²) >= 11 is 6.28. The second-order valence-electron chi connectivity index (χ2n) is 6.33. The SMILES string of the molecule is C[C@H](C(=O)Nc1cccc(C#N)c1)N1CCN(c2ccccc2Cl)CC1. The van der Waals surface area contributed by atoms with Gasteiger partial charge in [0.2, 0.25) is 5.91 Å². The molecule has 0 bridgehead atoms. The minimum Gasteiger partial charge on any atom is -0.368 e. The van der Waals surface area contributed by atoms with Gasteiger partial charge in [-0.25, -0.2) is 0 Å². The number of carbonyl (C=O) groups excluding carboxylic acids is 1. The van der Waals surface area contributed by atoms with Crippen molar-refractivity contribution in [2.75, 3.05) is 36.4 Å². The van der Waals surface area contributed by atoms with Gasteiger partial charge >= 0.3 is 0 Å². The summed E-state index contributed by atoms with van der Waals surface area (Å²) in [6.07, 6.45) is 0. The largest absolute Gasteiger partial charge is 0.368 e. The van der Waals surface area contributed by atoms with Crippen LogP contribution in [0.2, 0.25) is 5.02 Å². The molecule has 5 nitrogen and oxygen atoms in total. The van der Waals surface area contributed by atoms with Crippen LogP contribution in [-0.2, 0) is 4.79 Å². The Morgan fingerprint density at radius 3 is 2.58 bits per heavy atom. The summed E-state index contributed by atoms with van der Waals surface area (Å²) in [6, 6.07) is 16.6. The first-order chi connectivity index (χ1) is 12.6. The number of hydrogen-bond donors (Lipinski definition) is 1. The third kappa shape index (κ3) is 4.16. The lowest BCUT2D eigenvalue weighted by Crippen LogP contribution is -2.52. The van der Waals surface area contributed by atoms with Crippen molar-refractivity contribution in [2.45, 2.75) is 13.0 Å². The summed E-state index contributed by atoms with van der Waals surface area (Å²) in [5.74, 6) is -0.0636. The quantitative estimate of drug-likeness (QED) is 0.898. The number of para-hydroxylation sites is 1. The van der Waals surface area contributed by atoms with Crippen LogP contribution in [0, 0.1) is 11.3 Å². The molecule has 1 aliphatic rings. The van der Waals surface area contributed by atoms with Gasteiger partial charge in [-0.15, -0.1) is 0 Å². The Bertz CT molecular complexity index is 825. The Morgan fingerprint density at radius 2 is 1.88 bits per heavy atom. The van der Waals surface area contributed by atoms with Gasteiger partial charge < -0.3 is 10.2 Å². The standard InChI is InChI=1S/C20H21ClN4O/c1-15(20(26)23-17-6-4-5-16(13-17)14-22)24-9-11-25(12-10-24)19-8-3-2-7-18(19)21/h2-8,13,15H,9-12H2,1H3,(H,23,26)/t15-/m1/s1. The predicted molar refractivity (Wildman–Crippen MR) is 104 cm³/mol. The predicted octanol–water partition coefficient (Wildman–Crippen LogP) is 3.36. The van der Waals surface area contributed by atoms with Crippen LogP contribution in [0.25, 0.3) is 0 Å². The molecule has 26 heavy (non-hydrogen) atoms. The topological polar surface area (TPSA) is 59.4 Å². The zero-order valence-electron chi connectivity index (χ0n) is 14.7. The molecule has 0 saturated carbocycles. The Kier molecular flexibility index (Phi) is 5.77. The van der Waals surface area contributed by atoms with E-state index < -0.39 is 0 Å². The molecule has 1 amide bonds. The van der Waals surface area contributed by atoms with E-state index in [1.807, 2.05) is 31.2 Å². The molecule has 3 rings (SSSR count). The molecule has 1 fully saturated rings. The molecule has 134 valence electrons. The molecular weight excluding hydrogens is 348 g/mol. The van der Waals surface area contributed by atoms with Crippen LogP contribution < -0.4 is 10.2 Å². The lowest BCUT2D eigenvalue weighted by Gasteiger charge is -2.38. The summed E-state index contributed by atoms with van der Waals surface area (Å²) in [7, 11) is 0. The van der Waals surface area contributed by atoms with E-state index >= 15 is 0 Å². The van der Waals surface area contributed by atoms with Crippen molar-refractivity contribution in [3.8, 4) is 6.07 Å². The normalized spacial score (nSPS) is 16.0. The fraction of sp³-hybridized carbons (Fsp3) is 0.300. The van der Waals surface area contributed by atoms with E-state index in [1.165, 1.54) is 0 Å². The number of carbonyl (C=O) groups is 1. The Balaban J connectivity index is 1.57. The maximum atomic E-state index is 12.5. The Hall–Kier alpha value is -2.55. The minimum absolute atomic E-state index is 0.0636. The highest BCUT2D eigenvalue weighted by Gasteiger charge is 2.26. The van der Waals surface area contributed by atoms with Crippen molar-refractivity contribution in [1.29, 1.82) is 5.26 Å². The van der Waals surface area contributed by atoms with E-state index in [-0.39, 0.29) is 11.9 Å². The molecule has 1 aliphatic heterocycles. The molecule has 0 radical (unpaired) electrons. The number of benzene rings is 2. The van der Waals surface area contributed by atoms with Gasteiger partial charge in [-0.05, 0) is 37.3 Å². The average molecular weight is 369 g/mol. The molecule has 2 aromatic rings. The first-order valence-corrected chi connectivity index (χ1v) is 9.01. The molecule has 0 unspecified atom stereocenters. The highest BCUT2D eigenvalue weighted by molar-refractivity contribution is 6.33. The molecule has 0 spiro atoms. The summed E-state index contributed by atoms with van der Waals surface area (Å²) in [4.78, 5) is 17.0. The van der Waals surface area contributed by atoms with Crippen molar-refractivity contribution >= 4 is 28.9 Å².